The van der Waals surface area contributed by atoms with Crippen molar-refractivity contribution >= 4 is 11.9 Å². The second kappa shape index (κ2) is 8.15. The van der Waals surface area contributed by atoms with Gasteiger partial charge in [-0.2, -0.15) is 15.0 Å². The first-order valence-electron chi connectivity index (χ1n) is 9.86. The number of nitrogens with one attached hydrogen (secondary N) is 1. The molecule has 1 fully saturated rings. The van der Waals surface area contributed by atoms with Gasteiger partial charge in [0.2, 0.25) is 11.9 Å². The predicted molar refractivity (Wildman–Crippen MR) is 112 cm³/mol. The van der Waals surface area contributed by atoms with E-state index in [1.54, 1.807) is 6.92 Å². The molecule has 10 nitrogen and oxygen atoms in total. The summed E-state index contributed by atoms with van der Waals surface area (Å²) in [7, 11) is 0. The largest absolute Gasteiger partial charge is 0.385 e. The first-order chi connectivity index (χ1) is 14.4. The van der Waals surface area contributed by atoms with Crippen molar-refractivity contribution in [3.8, 4) is 11.4 Å². The van der Waals surface area contributed by atoms with Crippen molar-refractivity contribution in [3.05, 3.63) is 53.0 Å². The lowest BCUT2D eigenvalue weighted by Gasteiger charge is -2.44. The number of aromatic amines is 1. The summed E-state index contributed by atoms with van der Waals surface area (Å²) in [5, 5.41) is 9.76. The molecule has 4 rings (SSSR count). The second-order valence-electron chi connectivity index (χ2n) is 7.50. The van der Waals surface area contributed by atoms with Gasteiger partial charge >= 0.3 is 5.69 Å². The summed E-state index contributed by atoms with van der Waals surface area (Å²) in [6, 6.07) is 9.51. The highest BCUT2D eigenvalue weighted by molar-refractivity contribution is 5.56. The molecule has 30 heavy (non-hydrogen) atoms. The third-order valence-electron chi connectivity index (χ3n) is 5.07. The molecule has 0 saturated carbocycles. The number of hydrogen-bond donors (Lipinski definition) is 2. The highest BCUT2D eigenvalue weighted by Crippen LogP contribution is 2.24. The van der Waals surface area contributed by atoms with Crippen LogP contribution in [0.4, 0.5) is 11.9 Å². The minimum absolute atomic E-state index is 0.00550. The van der Waals surface area contributed by atoms with Crippen LogP contribution in [0.1, 0.15) is 32.7 Å². The van der Waals surface area contributed by atoms with Crippen molar-refractivity contribution in [1.82, 2.24) is 29.9 Å². The minimum Gasteiger partial charge on any atom is -0.385 e. The molecule has 0 amide bonds. The normalized spacial score (nSPS) is 20.3. The summed E-state index contributed by atoms with van der Waals surface area (Å²) in [6.45, 7) is 6.95. The summed E-state index contributed by atoms with van der Waals surface area (Å²) in [5.74, 6) is 1.76. The number of benzene rings is 1. The van der Waals surface area contributed by atoms with Crippen molar-refractivity contribution in [2.75, 3.05) is 22.9 Å². The van der Waals surface area contributed by atoms with Crippen LogP contribution in [-0.2, 0) is 0 Å². The Labute approximate surface area is 173 Å². The Balaban J connectivity index is 1.61. The molecule has 0 radical (unpaired) electrons. The summed E-state index contributed by atoms with van der Waals surface area (Å²) in [6.07, 6.45) is 0.654. The number of hydrogen-bond acceptors (Lipinski definition) is 9. The average molecular weight is 408 g/mol. The van der Waals surface area contributed by atoms with Crippen LogP contribution in [0.15, 0.2) is 41.5 Å². The zero-order chi connectivity index (χ0) is 21.3. The van der Waals surface area contributed by atoms with Gasteiger partial charge in [0.25, 0.3) is 0 Å². The van der Waals surface area contributed by atoms with Crippen molar-refractivity contribution < 1.29 is 5.11 Å². The maximum absolute atomic E-state index is 12.2. The van der Waals surface area contributed by atoms with E-state index in [1.165, 1.54) is 6.33 Å². The molecule has 0 spiro atoms. The van der Waals surface area contributed by atoms with E-state index in [-0.39, 0.29) is 12.1 Å². The van der Waals surface area contributed by atoms with Gasteiger partial charge < -0.3 is 14.9 Å². The van der Waals surface area contributed by atoms with Crippen LogP contribution >= 0.6 is 0 Å². The van der Waals surface area contributed by atoms with E-state index in [4.69, 9.17) is 0 Å². The van der Waals surface area contributed by atoms with E-state index in [0.29, 0.717) is 36.6 Å². The molecule has 3 aromatic rings. The van der Waals surface area contributed by atoms with Crippen LogP contribution in [0.5, 0.6) is 0 Å². The fourth-order valence-corrected chi connectivity index (χ4v) is 3.76. The Morgan fingerprint density at radius 3 is 2.40 bits per heavy atom. The van der Waals surface area contributed by atoms with Crippen LogP contribution in [0.25, 0.3) is 11.4 Å². The number of aliphatic hydroxyl groups excluding tert-OH is 1. The van der Waals surface area contributed by atoms with E-state index < -0.39 is 11.8 Å². The molecule has 2 aromatic heterocycles. The molecule has 1 aliphatic heterocycles. The fraction of sp³-hybridized carbons (Fsp3) is 0.400. The molecular formula is C20H24N8O2. The van der Waals surface area contributed by atoms with Gasteiger partial charge in [0.15, 0.2) is 5.82 Å². The molecule has 1 unspecified atom stereocenters. The van der Waals surface area contributed by atoms with Crippen molar-refractivity contribution in [2.24, 2.45) is 0 Å². The highest BCUT2D eigenvalue weighted by Gasteiger charge is 2.33. The van der Waals surface area contributed by atoms with Gasteiger partial charge in [-0.25, -0.2) is 14.8 Å². The Kier molecular flexibility index (Phi) is 5.40. The number of piperazine rings is 1. The molecule has 3 heterocycles. The third-order valence-corrected chi connectivity index (χ3v) is 5.07. The van der Waals surface area contributed by atoms with Crippen molar-refractivity contribution in [2.45, 2.75) is 39.0 Å². The number of H-pyrrole nitrogens is 1. The number of rotatable bonds is 4. The lowest BCUT2D eigenvalue weighted by atomic mass is 10.1. The van der Waals surface area contributed by atoms with E-state index >= 15 is 0 Å². The van der Waals surface area contributed by atoms with Crippen LogP contribution < -0.4 is 15.5 Å². The minimum atomic E-state index is -0.760. The van der Waals surface area contributed by atoms with E-state index in [9.17, 15) is 9.90 Å². The van der Waals surface area contributed by atoms with Gasteiger partial charge in [-0.3, -0.25) is 4.98 Å². The van der Waals surface area contributed by atoms with Crippen LogP contribution in [0.2, 0.25) is 0 Å². The maximum atomic E-state index is 12.2. The Hall–Kier alpha value is -3.40. The Morgan fingerprint density at radius 2 is 1.73 bits per heavy atom. The fourth-order valence-electron chi connectivity index (χ4n) is 3.76. The molecule has 0 bridgehead atoms. The summed E-state index contributed by atoms with van der Waals surface area (Å²) >= 11 is 0. The average Bonchev–Trinajstić information content (AvgIpc) is 2.73. The lowest BCUT2D eigenvalue weighted by Crippen LogP contribution is -2.58. The number of aromatic nitrogens is 6. The van der Waals surface area contributed by atoms with Gasteiger partial charge in [0, 0.05) is 30.7 Å². The van der Waals surface area contributed by atoms with Crippen LogP contribution in [0.3, 0.4) is 0 Å². The standard InChI is InChI=1S/C20H24N8O2/c1-12-9-27(18-22-11-21-16(23-18)14(3)29)10-13(2)28(12)19-24-17(25-20(30)26-19)15-7-5-4-6-8-15/h4-8,11-14,29H,9-10H2,1-3H3,(H,24,25,26,30)/t12-,13+,14?. The summed E-state index contributed by atoms with van der Waals surface area (Å²) in [5.41, 5.74) is 0.396. The highest BCUT2D eigenvalue weighted by atomic mass is 16.3. The van der Waals surface area contributed by atoms with Crippen LogP contribution in [-0.4, -0.2) is 60.2 Å². The monoisotopic (exact) mass is 408 g/mol. The molecule has 10 heteroatoms. The first kappa shape index (κ1) is 19.9. The van der Waals surface area contributed by atoms with Crippen molar-refractivity contribution in [3.63, 3.8) is 0 Å². The Bertz CT molecular complexity index is 1060. The van der Waals surface area contributed by atoms with Crippen molar-refractivity contribution in [1.29, 1.82) is 0 Å². The van der Waals surface area contributed by atoms with Gasteiger partial charge in [-0.1, -0.05) is 30.3 Å². The number of aliphatic hydroxyl groups is 1. The third kappa shape index (κ3) is 3.99. The molecule has 1 aliphatic rings. The number of nitrogens with zero attached hydrogens (tertiary/aromatic N) is 7. The molecule has 1 saturated heterocycles. The van der Waals surface area contributed by atoms with Crippen LogP contribution in [0, 0.1) is 0 Å². The maximum Gasteiger partial charge on any atom is 0.349 e. The smallest absolute Gasteiger partial charge is 0.349 e. The summed E-state index contributed by atoms with van der Waals surface area (Å²) in [4.78, 5) is 40.5. The zero-order valence-electron chi connectivity index (χ0n) is 17.1. The summed E-state index contributed by atoms with van der Waals surface area (Å²) < 4.78 is 0. The Morgan fingerprint density at radius 1 is 1.03 bits per heavy atom. The van der Waals surface area contributed by atoms with E-state index in [2.05, 4.69) is 34.8 Å². The topological polar surface area (TPSA) is 124 Å². The van der Waals surface area contributed by atoms with E-state index in [1.807, 2.05) is 49.1 Å². The quantitative estimate of drug-likeness (QED) is 0.654. The zero-order valence-corrected chi connectivity index (χ0v) is 17.1. The molecule has 156 valence electrons. The molecule has 0 aliphatic carbocycles. The van der Waals surface area contributed by atoms with Gasteiger partial charge in [-0.15, -0.1) is 0 Å². The SMILES string of the molecule is CC(O)c1ncnc(N2C[C@@H](C)N(c3nc(-c4ccccc4)[nH]c(=O)n3)[C@@H](C)C2)n1. The molecule has 2 N–H and O–H groups in total. The number of anilines is 2. The first-order valence-corrected chi connectivity index (χ1v) is 9.86. The van der Waals surface area contributed by atoms with E-state index in [0.717, 1.165) is 5.56 Å². The van der Waals surface area contributed by atoms with Gasteiger partial charge in [-0.05, 0) is 20.8 Å². The molecular weight excluding hydrogens is 384 g/mol. The van der Waals surface area contributed by atoms with Gasteiger partial charge in [0.1, 0.15) is 18.3 Å². The predicted octanol–water partition coefficient (Wildman–Crippen LogP) is 1.17. The van der Waals surface area contributed by atoms with Gasteiger partial charge in [0.05, 0.1) is 0 Å². The molecule has 1 aromatic carbocycles. The molecule has 3 atom stereocenters. The lowest BCUT2D eigenvalue weighted by molar-refractivity contribution is 0.188. The second-order valence-corrected chi connectivity index (χ2v) is 7.50.